The molecule has 0 saturated carbocycles. The highest BCUT2D eigenvalue weighted by atomic mass is 16.5. The fourth-order valence-corrected chi connectivity index (χ4v) is 2.31. The second-order valence-electron chi connectivity index (χ2n) is 5.53. The van der Waals surface area contributed by atoms with Gasteiger partial charge in [-0.3, -0.25) is 4.79 Å². The van der Waals surface area contributed by atoms with Crippen LogP contribution < -0.4 is 9.47 Å². The summed E-state index contributed by atoms with van der Waals surface area (Å²) in [6, 6.07) is 12.4. The quantitative estimate of drug-likeness (QED) is 0.406. The Morgan fingerprint density at radius 1 is 1.12 bits per heavy atom. The van der Waals surface area contributed by atoms with Gasteiger partial charge in [-0.2, -0.15) is 0 Å². The van der Waals surface area contributed by atoms with E-state index in [0.29, 0.717) is 29.2 Å². The van der Waals surface area contributed by atoms with E-state index in [-0.39, 0.29) is 12.4 Å². The van der Waals surface area contributed by atoms with E-state index in [9.17, 15) is 9.59 Å². The predicted octanol–water partition coefficient (Wildman–Crippen LogP) is 4.05. The normalized spacial score (nSPS) is 10.6. The van der Waals surface area contributed by atoms with Gasteiger partial charge in [-0.05, 0) is 55.8 Å². The number of rotatable bonds is 8. The molecule has 26 heavy (non-hydrogen) atoms. The Labute approximate surface area is 153 Å². The molecular weight excluding hydrogens is 332 g/mol. The first-order valence-corrected chi connectivity index (χ1v) is 8.29. The smallest absolute Gasteiger partial charge is 0.331 e. The maximum Gasteiger partial charge on any atom is 0.331 e. The number of ether oxygens (including phenoxy) is 3. The molecule has 5 nitrogen and oxygen atoms in total. The lowest BCUT2D eigenvalue weighted by Crippen LogP contribution is -2.05. The lowest BCUT2D eigenvalue weighted by molar-refractivity contribution is -0.138. The van der Waals surface area contributed by atoms with E-state index in [2.05, 4.69) is 0 Å². The molecule has 0 aliphatic heterocycles. The summed E-state index contributed by atoms with van der Waals surface area (Å²) in [6.45, 7) is 3.86. The number of hydrogen-bond acceptors (Lipinski definition) is 5. The summed E-state index contributed by atoms with van der Waals surface area (Å²) in [5.41, 5.74) is 2.03. The minimum Gasteiger partial charge on any atom is -0.497 e. The third kappa shape index (κ3) is 5.48. The number of benzene rings is 2. The summed E-state index contributed by atoms with van der Waals surface area (Å²) in [4.78, 5) is 23.5. The van der Waals surface area contributed by atoms with Gasteiger partial charge in [0.05, 0.1) is 13.7 Å². The fourth-order valence-electron chi connectivity index (χ4n) is 2.31. The van der Waals surface area contributed by atoms with Gasteiger partial charge in [0.2, 0.25) is 0 Å². The molecule has 0 spiro atoms. The second-order valence-corrected chi connectivity index (χ2v) is 5.53. The van der Waals surface area contributed by atoms with Gasteiger partial charge in [-0.1, -0.05) is 12.1 Å². The lowest BCUT2D eigenvalue weighted by Gasteiger charge is -2.11. The van der Waals surface area contributed by atoms with Crippen LogP contribution in [-0.4, -0.2) is 25.5 Å². The van der Waals surface area contributed by atoms with Gasteiger partial charge >= 0.3 is 5.97 Å². The number of methoxy groups -OCH3 is 1. The highest BCUT2D eigenvalue weighted by Gasteiger charge is 2.09. The molecule has 0 aliphatic carbocycles. The molecule has 2 rings (SSSR count). The second kappa shape index (κ2) is 9.42. The Kier molecular flexibility index (Phi) is 6.97. The minimum absolute atomic E-state index is 0.0255. The van der Waals surface area contributed by atoms with E-state index in [0.717, 1.165) is 5.56 Å². The molecule has 0 unspecified atom stereocenters. The zero-order valence-corrected chi connectivity index (χ0v) is 15.2. The van der Waals surface area contributed by atoms with Crippen molar-refractivity contribution in [2.75, 3.05) is 13.7 Å². The van der Waals surface area contributed by atoms with Crippen LogP contribution in [0.2, 0.25) is 0 Å². The molecular formula is C21H22O5. The van der Waals surface area contributed by atoms with Gasteiger partial charge in [-0.25, -0.2) is 4.79 Å². The van der Waals surface area contributed by atoms with Crippen LogP contribution in [0.25, 0.3) is 6.08 Å². The van der Waals surface area contributed by atoms with E-state index >= 15 is 0 Å². The van der Waals surface area contributed by atoms with Crippen LogP contribution in [0.5, 0.6) is 11.5 Å². The Morgan fingerprint density at radius 2 is 1.92 bits per heavy atom. The van der Waals surface area contributed by atoms with E-state index in [4.69, 9.17) is 14.2 Å². The third-order valence-electron chi connectivity index (χ3n) is 3.64. The predicted molar refractivity (Wildman–Crippen MR) is 99.4 cm³/mol. The van der Waals surface area contributed by atoms with Crippen LogP contribution >= 0.6 is 0 Å². The summed E-state index contributed by atoms with van der Waals surface area (Å²) in [6.07, 6.45) is 3.00. The van der Waals surface area contributed by atoms with Crippen molar-refractivity contribution in [3.05, 3.63) is 65.2 Å². The first-order valence-electron chi connectivity index (χ1n) is 8.29. The molecule has 0 bridgehead atoms. The highest BCUT2D eigenvalue weighted by molar-refractivity contribution is 5.94. The number of Topliss-reactive ketones (excluding diaryl/α,β-unsaturated/α-hetero) is 1. The lowest BCUT2D eigenvalue weighted by atomic mass is 10.1. The molecule has 136 valence electrons. The fraction of sp³-hybridized carbons (Fsp3) is 0.238. The van der Waals surface area contributed by atoms with Gasteiger partial charge < -0.3 is 14.2 Å². The maximum absolute atomic E-state index is 12.0. The highest BCUT2D eigenvalue weighted by Crippen LogP contribution is 2.22. The summed E-state index contributed by atoms with van der Waals surface area (Å²) < 4.78 is 15.9. The average molecular weight is 354 g/mol. The number of esters is 1. The largest absolute Gasteiger partial charge is 0.497 e. The first-order chi connectivity index (χ1) is 12.5. The minimum atomic E-state index is -0.483. The summed E-state index contributed by atoms with van der Waals surface area (Å²) in [7, 11) is 1.59. The molecule has 0 saturated heterocycles. The third-order valence-corrected chi connectivity index (χ3v) is 3.64. The van der Waals surface area contributed by atoms with Crippen LogP contribution in [0.1, 0.15) is 35.3 Å². The van der Waals surface area contributed by atoms with Crippen LogP contribution in [-0.2, 0) is 16.1 Å². The number of carbonyl (C=O) groups excluding carboxylic acids is 2. The zero-order valence-electron chi connectivity index (χ0n) is 15.2. The molecule has 0 amide bonds. The van der Waals surface area contributed by atoms with Crippen LogP contribution in [0.3, 0.4) is 0 Å². The molecule has 0 fully saturated rings. The molecule has 0 aliphatic rings. The maximum atomic E-state index is 12.0. The van der Waals surface area contributed by atoms with Crippen molar-refractivity contribution in [1.82, 2.24) is 0 Å². The zero-order chi connectivity index (χ0) is 18.9. The molecule has 2 aromatic rings. The number of carbonyl (C=O) groups is 2. The van der Waals surface area contributed by atoms with Crippen LogP contribution in [0.15, 0.2) is 48.5 Å². The summed E-state index contributed by atoms with van der Waals surface area (Å²) in [5.74, 6) is 0.770. The van der Waals surface area contributed by atoms with Crippen molar-refractivity contribution < 1.29 is 23.8 Å². The topological polar surface area (TPSA) is 61.8 Å². The monoisotopic (exact) mass is 354 g/mol. The summed E-state index contributed by atoms with van der Waals surface area (Å²) >= 11 is 0. The van der Waals surface area contributed by atoms with Gasteiger partial charge in [-0.15, -0.1) is 0 Å². The number of hydrogen-bond donors (Lipinski definition) is 0. The molecule has 0 heterocycles. The van der Waals surface area contributed by atoms with Crippen LogP contribution in [0.4, 0.5) is 0 Å². The van der Waals surface area contributed by atoms with Crippen molar-refractivity contribution in [1.29, 1.82) is 0 Å². The van der Waals surface area contributed by atoms with Crippen molar-refractivity contribution in [2.24, 2.45) is 0 Å². The van der Waals surface area contributed by atoms with Gasteiger partial charge in [0.25, 0.3) is 0 Å². The Bertz CT molecular complexity index is 808. The molecule has 0 radical (unpaired) electrons. The first kappa shape index (κ1) is 19.2. The standard InChI is InChI=1S/C21H22O5/c1-4-25-20-10-9-17(15(2)22)13-18(20)14-26-21(23)11-8-16-6-5-7-19(12-16)24-3/h5-13H,4,14H2,1-3H3. The average Bonchev–Trinajstić information content (AvgIpc) is 2.65. The van der Waals surface area contributed by atoms with Crippen molar-refractivity contribution in [3.63, 3.8) is 0 Å². The van der Waals surface area contributed by atoms with Crippen molar-refractivity contribution in [3.8, 4) is 11.5 Å². The summed E-state index contributed by atoms with van der Waals surface area (Å²) in [5, 5.41) is 0. The van der Waals surface area contributed by atoms with Crippen molar-refractivity contribution >= 4 is 17.8 Å². The molecule has 5 heteroatoms. The van der Waals surface area contributed by atoms with E-state index in [1.807, 2.05) is 31.2 Å². The number of ketones is 1. The van der Waals surface area contributed by atoms with Gasteiger partial charge in [0, 0.05) is 17.2 Å². The molecule has 0 N–H and O–H groups in total. The molecule has 2 aromatic carbocycles. The Hall–Kier alpha value is -3.08. The van der Waals surface area contributed by atoms with Crippen LogP contribution in [0, 0.1) is 0 Å². The van der Waals surface area contributed by atoms with E-state index in [1.165, 1.54) is 13.0 Å². The Morgan fingerprint density at radius 3 is 2.62 bits per heavy atom. The SMILES string of the molecule is CCOc1ccc(C(C)=O)cc1COC(=O)C=Cc1cccc(OC)c1. The van der Waals surface area contributed by atoms with Gasteiger partial charge in [0.15, 0.2) is 5.78 Å². The van der Waals surface area contributed by atoms with E-state index < -0.39 is 5.97 Å². The Balaban J connectivity index is 2.04. The molecule has 0 aromatic heterocycles. The van der Waals surface area contributed by atoms with Gasteiger partial charge in [0.1, 0.15) is 18.1 Å². The van der Waals surface area contributed by atoms with Crippen molar-refractivity contribution in [2.45, 2.75) is 20.5 Å². The molecule has 0 atom stereocenters. The van der Waals surface area contributed by atoms with E-state index in [1.54, 1.807) is 31.4 Å².